The molecule has 0 saturated heterocycles. The summed E-state index contributed by atoms with van der Waals surface area (Å²) >= 11 is 0. The van der Waals surface area contributed by atoms with E-state index >= 15 is 0 Å². The Balaban J connectivity index is 2.19. The molecule has 1 aromatic carbocycles. The zero-order valence-electron chi connectivity index (χ0n) is 10.2. The molecule has 1 N–H and O–H groups in total. The normalized spacial score (nSPS) is 15.2. The zero-order chi connectivity index (χ0) is 14.1. The minimum Gasteiger partial charge on any atom is -0.384 e. The molecule has 0 spiro atoms. The maximum absolute atomic E-state index is 12.4. The van der Waals surface area contributed by atoms with Crippen LogP contribution in [0.1, 0.15) is 18.1 Å². The number of rotatable bonds is 3. The molecule has 0 fully saturated rings. The van der Waals surface area contributed by atoms with Gasteiger partial charge in [0.05, 0.1) is 18.3 Å². The zero-order valence-corrected chi connectivity index (χ0v) is 10.2. The Morgan fingerprint density at radius 2 is 1.79 bits per heavy atom. The Bertz CT molecular complexity index is 547. The van der Waals surface area contributed by atoms with Crippen LogP contribution in [-0.4, -0.2) is 14.9 Å². The van der Waals surface area contributed by atoms with Crippen LogP contribution >= 0.6 is 0 Å². The number of hydrogen-bond donors (Lipinski definition) is 1. The van der Waals surface area contributed by atoms with E-state index in [9.17, 15) is 18.3 Å². The van der Waals surface area contributed by atoms with Crippen molar-refractivity contribution in [3.05, 3.63) is 53.9 Å². The number of aliphatic hydroxyl groups is 1. The molecule has 3 nitrogen and oxygen atoms in total. The number of alkyl halides is 3. The second kappa shape index (κ2) is 4.70. The first-order chi connectivity index (χ1) is 8.79. The van der Waals surface area contributed by atoms with Crippen LogP contribution in [0.4, 0.5) is 13.2 Å². The minimum absolute atomic E-state index is 0.0485. The Kier molecular flexibility index (Phi) is 3.36. The lowest BCUT2D eigenvalue weighted by Crippen LogP contribution is -2.28. The minimum atomic E-state index is -4.42. The molecule has 0 aliphatic heterocycles. The van der Waals surface area contributed by atoms with E-state index in [4.69, 9.17) is 0 Å². The topological polar surface area (TPSA) is 38.0 Å². The lowest BCUT2D eigenvalue weighted by atomic mass is 9.96. The molecule has 102 valence electrons. The standard InChI is InChI=1S/C13H13F3N2O/c1-12(19,10-5-3-2-4-6-10)9-18-8-11(7-17-18)13(14,15)16/h2-8,19H,9H2,1H3. The average Bonchev–Trinajstić information content (AvgIpc) is 2.78. The SMILES string of the molecule is CC(O)(Cn1cc(C(F)(F)F)cn1)c1ccccc1. The molecule has 6 heteroatoms. The highest BCUT2D eigenvalue weighted by Crippen LogP contribution is 2.29. The van der Waals surface area contributed by atoms with E-state index in [0.717, 1.165) is 17.1 Å². The van der Waals surface area contributed by atoms with Crippen LogP contribution < -0.4 is 0 Å². The Labute approximate surface area is 108 Å². The van der Waals surface area contributed by atoms with Crippen molar-refractivity contribution in [2.45, 2.75) is 25.2 Å². The predicted molar refractivity (Wildman–Crippen MR) is 63.2 cm³/mol. The largest absolute Gasteiger partial charge is 0.419 e. The van der Waals surface area contributed by atoms with Gasteiger partial charge in [-0.15, -0.1) is 0 Å². The predicted octanol–water partition coefficient (Wildman–Crippen LogP) is 2.81. The van der Waals surface area contributed by atoms with Crippen molar-refractivity contribution in [2.24, 2.45) is 0 Å². The third-order valence-electron chi connectivity index (χ3n) is 2.83. The molecule has 1 heterocycles. The van der Waals surface area contributed by atoms with Crippen LogP contribution in [0.25, 0.3) is 0 Å². The van der Waals surface area contributed by atoms with E-state index in [1.54, 1.807) is 30.3 Å². The number of hydrogen-bond acceptors (Lipinski definition) is 2. The molecule has 1 unspecified atom stereocenters. The van der Waals surface area contributed by atoms with Gasteiger partial charge in [-0.25, -0.2) is 0 Å². The summed E-state index contributed by atoms with van der Waals surface area (Å²) < 4.78 is 38.4. The van der Waals surface area contributed by atoms with Crippen LogP contribution in [0, 0.1) is 0 Å². The number of nitrogens with zero attached hydrogens (tertiary/aromatic N) is 2. The summed E-state index contributed by atoms with van der Waals surface area (Å²) in [5.41, 5.74) is -1.48. The molecule has 1 atom stereocenters. The molecule has 0 radical (unpaired) electrons. The van der Waals surface area contributed by atoms with E-state index in [1.165, 1.54) is 6.92 Å². The lowest BCUT2D eigenvalue weighted by molar-refractivity contribution is -0.137. The summed E-state index contributed by atoms with van der Waals surface area (Å²) in [4.78, 5) is 0. The molecule has 19 heavy (non-hydrogen) atoms. The van der Waals surface area contributed by atoms with E-state index < -0.39 is 17.3 Å². The molecule has 0 bridgehead atoms. The van der Waals surface area contributed by atoms with Gasteiger partial charge >= 0.3 is 6.18 Å². The first-order valence-electron chi connectivity index (χ1n) is 5.66. The number of benzene rings is 1. The quantitative estimate of drug-likeness (QED) is 0.931. The lowest BCUT2D eigenvalue weighted by Gasteiger charge is -2.23. The summed E-state index contributed by atoms with van der Waals surface area (Å²) in [6.45, 7) is 1.49. The third-order valence-corrected chi connectivity index (χ3v) is 2.83. The van der Waals surface area contributed by atoms with Gasteiger partial charge < -0.3 is 5.11 Å². The van der Waals surface area contributed by atoms with Crippen LogP contribution in [0.5, 0.6) is 0 Å². The summed E-state index contributed by atoms with van der Waals surface area (Å²) in [7, 11) is 0. The van der Waals surface area contributed by atoms with Gasteiger partial charge in [0.1, 0.15) is 5.60 Å². The molecular formula is C13H13F3N2O. The van der Waals surface area contributed by atoms with Crippen molar-refractivity contribution in [3.8, 4) is 0 Å². The van der Waals surface area contributed by atoms with E-state index in [1.807, 2.05) is 0 Å². The highest BCUT2D eigenvalue weighted by molar-refractivity contribution is 5.21. The number of aromatic nitrogens is 2. The van der Waals surface area contributed by atoms with Gasteiger partial charge in [-0.1, -0.05) is 30.3 Å². The van der Waals surface area contributed by atoms with E-state index in [-0.39, 0.29) is 6.54 Å². The van der Waals surface area contributed by atoms with Gasteiger partial charge in [0.15, 0.2) is 0 Å². The van der Waals surface area contributed by atoms with Gasteiger partial charge in [0.25, 0.3) is 0 Å². The van der Waals surface area contributed by atoms with Crippen molar-refractivity contribution < 1.29 is 18.3 Å². The first kappa shape index (κ1) is 13.6. The van der Waals surface area contributed by atoms with Gasteiger partial charge in [-0.2, -0.15) is 18.3 Å². The van der Waals surface area contributed by atoms with Crippen molar-refractivity contribution in [1.82, 2.24) is 9.78 Å². The van der Waals surface area contributed by atoms with Crippen LogP contribution in [0.2, 0.25) is 0 Å². The monoisotopic (exact) mass is 270 g/mol. The Hall–Kier alpha value is -1.82. The summed E-state index contributed by atoms with van der Waals surface area (Å²) in [5.74, 6) is 0. The summed E-state index contributed by atoms with van der Waals surface area (Å²) in [6, 6.07) is 8.75. The van der Waals surface area contributed by atoms with Gasteiger partial charge in [0.2, 0.25) is 0 Å². The smallest absolute Gasteiger partial charge is 0.384 e. The van der Waals surface area contributed by atoms with Crippen LogP contribution in [0.3, 0.4) is 0 Å². The number of halogens is 3. The second-order valence-corrected chi connectivity index (χ2v) is 4.56. The molecule has 2 rings (SSSR count). The molecule has 0 saturated carbocycles. The van der Waals surface area contributed by atoms with Crippen LogP contribution in [0.15, 0.2) is 42.7 Å². The van der Waals surface area contributed by atoms with Crippen LogP contribution in [-0.2, 0) is 18.3 Å². The van der Waals surface area contributed by atoms with Gasteiger partial charge in [-0.3, -0.25) is 4.68 Å². The molecule has 0 aliphatic carbocycles. The van der Waals surface area contributed by atoms with Gasteiger partial charge in [0, 0.05) is 6.20 Å². The van der Waals surface area contributed by atoms with E-state index in [0.29, 0.717) is 5.56 Å². The van der Waals surface area contributed by atoms with Crippen molar-refractivity contribution in [1.29, 1.82) is 0 Å². The van der Waals surface area contributed by atoms with Crippen molar-refractivity contribution >= 4 is 0 Å². The first-order valence-corrected chi connectivity index (χ1v) is 5.66. The Morgan fingerprint density at radius 1 is 1.16 bits per heavy atom. The summed E-state index contributed by atoms with van der Waals surface area (Å²) in [6.07, 6.45) is -2.78. The molecular weight excluding hydrogens is 257 g/mol. The van der Waals surface area contributed by atoms with Crippen molar-refractivity contribution in [2.75, 3.05) is 0 Å². The molecule has 1 aromatic heterocycles. The maximum atomic E-state index is 12.4. The van der Waals surface area contributed by atoms with E-state index in [2.05, 4.69) is 5.10 Å². The van der Waals surface area contributed by atoms with Crippen molar-refractivity contribution in [3.63, 3.8) is 0 Å². The fourth-order valence-electron chi connectivity index (χ4n) is 1.80. The second-order valence-electron chi connectivity index (χ2n) is 4.56. The maximum Gasteiger partial charge on any atom is 0.419 e. The Morgan fingerprint density at radius 3 is 2.32 bits per heavy atom. The fraction of sp³-hybridized carbons (Fsp3) is 0.308. The summed E-state index contributed by atoms with van der Waals surface area (Å²) in [5, 5.41) is 13.9. The molecule has 2 aromatic rings. The molecule has 0 amide bonds. The average molecular weight is 270 g/mol. The highest BCUT2D eigenvalue weighted by Gasteiger charge is 2.33. The third kappa shape index (κ3) is 3.14. The molecule has 0 aliphatic rings. The van der Waals surface area contributed by atoms with Gasteiger partial charge in [-0.05, 0) is 12.5 Å². The highest BCUT2D eigenvalue weighted by atomic mass is 19.4. The fourth-order valence-corrected chi connectivity index (χ4v) is 1.80.